The Hall–Kier alpha value is -2.08. The zero-order valence-electron chi connectivity index (χ0n) is 14.2. The Morgan fingerprint density at radius 3 is 2.67 bits per heavy atom. The van der Waals surface area contributed by atoms with Gasteiger partial charge in [-0.2, -0.15) is 0 Å². The molecule has 2 aliphatic rings. The van der Waals surface area contributed by atoms with Crippen LogP contribution in [0.2, 0.25) is 0 Å². The van der Waals surface area contributed by atoms with Gasteiger partial charge in [-0.05, 0) is 37.1 Å². The largest absolute Gasteiger partial charge is 0.497 e. The molecule has 2 fully saturated rings. The van der Waals surface area contributed by atoms with E-state index in [9.17, 15) is 9.59 Å². The monoisotopic (exact) mass is 331 g/mol. The molecule has 0 spiro atoms. The van der Waals surface area contributed by atoms with Crippen molar-refractivity contribution in [2.45, 2.75) is 31.3 Å². The maximum Gasteiger partial charge on any atom is 0.225 e. The zero-order valence-corrected chi connectivity index (χ0v) is 14.2. The quantitative estimate of drug-likeness (QED) is 0.866. The van der Waals surface area contributed by atoms with Crippen LogP contribution in [0.5, 0.6) is 5.75 Å². The second-order valence-electron chi connectivity index (χ2n) is 6.57. The van der Waals surface area contributed by atoms with Crippen LogP contribution < -0.4 is 15.4 Å². The second-order valence-corrected chi connectivity index (χ2v) is 6.57. The van der Waals surface area contributed by atoms with E-state index in [1.54, 1.807) is 19.1 Å². The molecule has 1 aromatic carbocycles. The Bertz CT molecular complexity index is 596. The molecule has 0 radical (unpaired) electrons. The summed E-state index contributed by atoms with van der Waals surface area (Å²) in [6.07, 6.45) is 1.97. The minimum Gasteiger partial charge on any atom is -0.497 e. The predicted molar refractivity (Wildman–Crippen MR) is 90.6 cm³/mol. The highest BCUT2D eigenvalue weighted by molar-refractivity contribution is 5.85. The SMILES string of the molecule is COc1ccc(C2C(C(=O)NC3CCNC3)CCC(=O)N2C)cc1. The number of carbonyl (C=O) groups excluding carboxylic acids is 2. The molecular weight excluding hydrogens is 306 g/mol. The number of hydrogen-bond acceptors (Lipinski definition) is 4. The Morgan fingerprint density at radius 1 is 1.29 bits per heavy atom. The number of hydrogen-bond donors (Lipinski definition) is 2. The van der Waals surface area contributed by atoms with E-state index < -0.39 is 0 Å². The number of benzene rings is 1. The molecule has 2 N–H and O–H groups in total. The molecule has 1 aromatic rings. The van der Waals surface area contributed by atoms with E-state index in [2.05, 4.69) is 10.6 Å². The third-order valence-corrected chi connectivity index (χ3v) is 5.06. The molecule has 6 nitrogen and oxygen atoms in total. The molecule has 2 heterocycles. The van der Waals surface area contributed by atoms with Crippen LogP contribution in [0.3, 0.4) is 0 Å². The third-order valence-electron chi connectivity index (χ3n) is 5.06. The number of ether oxygens (including phenoxy) is 1. The Morgan fingerprint density at radius 2 is 2.04 bits per heavy atom. The molecule has 3 rings (SSSR count). The van der Waals surface area contributed by atoms with Crippen LogP contribution in [-0.2, 0) is 9.59 Å². The van der Waals surface area contributed by atoms with Gasteiger partial charge in [0, 0.05) is 26.1 Å². The summed E-state index contributed by atoms with van der Waals surface area (Å²) >= 11 is 0. The summed E-state index contributed by atoms with van der Waals surface area (Å²) < 4.78 is 5.20. The number of nitrogens with one attached hydrogen (secondary N) is 2. The van der Waals surface area contributed by atoms with Gasteiger partial charge >= 0.3 is 0 Å². The molecule has 3 atom stereocenters. The van der Waals surface area contributed by atoms with E-state index in [0.717, 1.165) is 30.8 Å². The standard InChI is InChI=1S/C18H25N3O3/c1-21-16(22)8-7-15(18(23)20-13-9-10-19-11-13)17(21)12-3-5-14(24-2)6-4-12/h3-6,13,15,17,19H,7-11H2,1-2H3,(H,20,23). The van der Waals surface area contributed by atoms with Gasteiger partial charge in [0.1, 0.15) is 5.75 Å². The molecule has 24 heavy (non-hydrogen) atoms. The Balaban J connectivity index is 1.81. The normalized spacial score (nSPS) is 27.2. The van der Waals surface area contributed by atoms with E-state index in [1.807, 2.05) is 24.3 Å². The first-order valence-corrected chi connectivity index (χ1v) is 8.51. The van der Waals surface area contributed by atoms with Gasteiger partial charge in [0.2, 0.25) is 11.8 Å². The average molecular weight is 331 g/mol. The van der Waals surface area contributed by atoms with Gasteiger partial charge < -0.3 is 20.3 Å². The van der Waals surface area contributed by atoms with Crippen molar-refractivity contribution < 1.29 is 14.3 Å². The summed E-state index contributed by atoms with van der Waals surface area (Å²) in [5.41, 5.74) is 0.969. The fourth-order valence-electron chi connectivity index (χ4n) is 3.66. The number of nitrogens with zero attached hydrogens (tertiary/aromatic N) is 1. The van der Waals surface area contributed by atoms with Crippen molar-refractivity contribution in [3.63, 3.8) is 0 Å². The summed E-state index contributed by atoms with van der Waals surface area (Å²) in [6.45, 7) is 1.76. The lowest BCUT2D eigenvalue weighted by molar-refractivity contribution is -0.141. The van der Waals surface area contributed by atoms with Crippen LogP contribution in [0.1, 0.15) is 30.9 Å². The first-order valence-electron chi connectivity index (χ1n) is 8.51. The summed E-state index contributed by atoms with van der Waals surface area (Å²) in [7, 11) is 3.41. The highest BCUT2D eigenvalue weighted by atomic mass is 16.5. The van der Waals surface area contributed by atoms with Crippen LogP contribution in [-0.4, -0.2) is 50.0 Å². The minimum absolute atomic E-state index is 0.0452. The molecule has 2 amide bonds. The van der Waals surface area contributed by atoms with Gasteiger partial charge in [-0.3, -0.25) is 9.59 Å². The highest BCUT2D eigenvalue weighted by Crippen LogP contribution is 2.36. The number of piperidine rings is 1. The van der Waals surface area contributed by atoms with Crippen molar-refractivity contribution in [1.82, 2.24) is 15.5 Å². The summed E-state index contributed by atoms with van der Waals surface area (Å²) in [6, 6.07) is 7.59. The van der Waals surface area contributed by atoms with E-state index in [4.69, 9.17) is 4.74 Å². The molecule has 0 aromatic heterocycles. The number of likely N-dealkylation sites (tertiary alicyclic amines) is 1. The predicted octanol–water partition coefficient (Wildman–Crippen LogP) is 1.08. The summed E-state index contributed by atoms with van der Waals surface area (Å²) in [5.74, 6) is 0.675. The third kappa shape index (κ3) is 3.38. The molecule has 3 unspecified atom stereocenters. The molecule has 0 aliphatic carbocycles. The van der Waals surface area contributed by atoms with E-state index in [-0.39, 0.29) is 29.8 Å². The molecule has 2 aliphatic heterocycles. The maximum absolute atomic E-state index is 12.8. The molecular formula is C18H25N3O3. The van der Waals surface area contributed by atoms with Gasteiger partial charge in [0.05, 0.1) is 19.1 Å². The minimum atomic E-state index is -0.230. The highest BCUT2D eigenvalue weighted by Gasteiger charge is 2.39. The van der Waals surface area contributed by atoms with Gasteiger partial charge in [-0.15, -0.1) is 0 Å². The molecule has 2 saturated heterocycles. The first-order chi connectivity index (χ1) is 11.6. The van der Waals surface area contributed by atoms with E-state index >= 15 is 0 Å². The average Bonchev–Trinajstić information content (AvgIpc) is 3.10. The topological polar surface area (TPSA) is 70.7 Å². The van der Waals surface area contributed by atoms with Gasteiger partial charge in [-0.25, -0.2) is 0 Å². The lowest BCUT2D eigenvalue weighted by Gasteiger charge is -2.39. The molecule has 0 saturated carbocycles. The Kier molecular flexibility index (Phi) is 5.04. The van der Waals surface area contributed by atoms with Crippen LogP contribution in [0.4, 0.5) is 0 Å². The van der Waals surface area contributed by atoms with Gasteiger partial charge in [-0.1, -0.05) is 12.1 Å². The van der Waals surface area contributed by atoms with Crippen molar-refractivity contribution in [1.29, 1.82) is 0 Å². The number of amides is 2. The van der Waals surface area contributed by atoms with Crippen LogP contribution in [0.25, 0.3) is 0 Å². The lowest BCUT2D eigenvalue weighted by Crippen LogP contribution is -2.48. The van der Waals surface area contributed by atoms with Crippen molar-refractivity contribution in [3.05, 3.63) is 29.8 Å². The first kappa shape index (κ1) is 16.8. The van der Waals surface area contributed by atoms with Crippen LogP contribution in [0.15, 0.2) is 24.3 Å². The zero-order chi connectivity index (χ0) is 17.1. The number of carbonyl (C=O) groups is 2. The Labute approximate surface area is 142 Å². The van der Waals surface area contributed by atoms with E-state index in [0.29, 0.717) is 12.8 Å². The fraction of sp³-hybridized carbons (Fsp3) is 0.556. The van der Waals surface area contributed by atoms with Gasteiger partial charge in [0.15, 0.2) is 0 Å². The molecule has 0 bridgehead atoms. The molecule has 130 valence electrons. The fourth-order valence-corrected chi connectivity index (χ4v) is 3.66. The van der Waals surface area contributed by atoms with Crippen molar-refractivity contribution in [3.8, 4) is 5.75 Å². The maximum atomic E-state index is 12.8. The van der Waals surface area contributed by atoms with Crippen LogP contribution >= 0.6 is 0 Å². The van der Waals surface area contributed by atoms with Gasteiger partial charge in [0.25, 0.3) is 0 Å². The number of rotatable bonds is 4. The number of methoxy groups -OCH3 is 1. The second kappa shape index (κ2) is 7.21. The summed E-state index contributed by atoms with van der Waals surface area (Å²) in [5, 5.41) is 6.40. The van der Waals surface area contributed by atoms with Crippen LogP contribution in [0, 0.1) is 5.92 Å². The van der Waals surface area contributed by atoms with Crippen molar-refractivity contribution in [2.75, 3.05) is 27.2 Å². The van der Waals surface area contributed by atoms with E-state index in [1.165, 1.54) is 0 Å². The smallest absolute Gasteiger partial charge is 0.225 e. The van der Waals surface area contributed by atoms with Crippen molar-refractivity contribution in [2.24, 2.45) is 5.92 Å². The van der Waals surface area contributed by atoms with Crippen molar-refractivity contribution >= 4 is 11.8 Å². The summed E-state index contributed by atoms with van der Waals surface area (Å²) in [4.78, 5) is 26.7. The molecule has 6 heteroatoms. The lowest BCUT2D eigenvalue weighted by atomic mass is 9.83.